The van der Waals surface area contributed by atoms with Gasteiger partial charge < -0.3 is 15.2 Å². The quantitative estimate of drug-likeness (QED) is 0.790. The van der Waals surface area contributed by atoms with Gasteiger partial charge >= 0.3 is 0 Å². The minimum absolute atomic E-state index is 0.122. The van der Waals surface area contributed by atoms with Crippen LogP contribution in [0.3, 0.4) is 0 Å². The fourth-order valence-electron chi connectivity index (χ4n) is 3.00. The van der Waals surface area contributed by atoms with Crippen molar-refractivity contribution in [1.82, 2.24) is 5.01 Å². The van der Waals surface area contributed by atoms with E-state index in [1.54, 1.807) is 24.3 Å². The Hall–Kier alpha value is -3.02. The standard InChI is InChI=1S/C21H25N3O3/c1-3-26-19-12-9-16(14-20(19)27-4-2)18-6-5-13-24(23-18)21(25)15-7-10-17(22)11-8-15/h7-12,14H,3-6,13,22H2,1-2H3. The van der Waals surface area contributed by atoms with E-state index in [0.717, 1.165) is 24.1 Å². The Morgan fingerprint density at radius 3 is 2.48 bits per heavy atom. The average molecular weight is 367 g/mol. The molecular weight excluding hydrogens is 342 g/mol. The highest BCUT2D eigenvalue weighted by Gasteiger charge is 2.21. The van der Waals surface area contributed by atoms with Gasteiger partial charge in [0.1, 0.15) is 0 Å². The number of anilines is 1. The van der Waals surface area contributed by atoms with Crippen molar-refractivity contribution in [2.24, 2.45) is 5.10 Å². The van der Waals surface area contributed by atoms with E-state index >= 15 is 0 Å². The highest BCUT2D eigenvalue weighted by Crippen LogP contribution is 2.30. The molecule has 142 valence electrons. The molecule has 1 aliphatic rings. The molecule has 3 rings (SSSR count). The molecule has 1 heterocycles. The predicted octanol–water partition coefficient (Wildman–Crippen LogP) is 3.71. The van der Waals surface area contributed by atoms with Crippen LogP contribution in [0.15, 0.2) is 47.6 Å². The minimum atomic E-state index is -0.122. The van der Waals surface area contributed by atoms with Crippen LogP contribution in [0.1, 0.15) is 42.6 Å². The first-order chi connectivity index (χ1) is 13.1. The number of hydrazone groups is 1. The Balaban J connectivity index is 1.86. The third-order valence-corrected chi connectivity index (χ3v) is 4.29. The van der Waals surface area contributed by atoms with Crippen molar-refractivity contribution in [2.75, 3.05) is 25.5 Å². The summed E-state index contributed by atoms with van der Waals surface area (Å²) in [7, 11) is 0. The normalized spacial score (nSPS) is 13.9. The summed E-state index contributed by atoms with van der Waals surface area (Å²) < 4.78 is 11.3. The molecule has 6 heteroatoms. The van der Waals surface area contributed by atoms with Gasteiger partial charge in [-0.15, -0.1) is 0 Å². The zero-order valence-electron chi connectivity index (χ0n) is 15.8. The van der Waals surface area contributed by atoms with Crippen LogP contribution in [0.4, 0.5) is 5.69 Å². The number of hydrogen-bond acceptors (Lipinski definition) is 5. The van der Waals surface area contributed by atoms with Crippen LogP contribution in [0.5, 0.6) is 11.5 Å². The fraction of sp³-hybridized carbons (Fsp3) is 0.333. The molecule has 2 aromatic rings. The molecule has 1 amide bonds. The summed E-state index contributed by atoms with van der Waals surface area (Å²) in [6.45, 7) is 5.60. The van der Waals surface area contributed by atoms with Gasteiger partial charge in [0.2, 0.25) is 0 Å². The molecule has 0 bridgehead atoms. The third kappa shape index (κ3) is 4.39. The maximum absolute atomic E-state index is 12.7. The molecule has 6 nitrogen and oxygen atoms in total. The molecule has 0 fully saturated rings. The van der Waals surface area contributed by atoms with Crippen molar-refractivity contribution in [2.45, 2.75) is 26.7 Å². The molecule has 27 heavy (non-hydrogen) atoms. The van der Waals surface area contributed by atoms with Gasteiger partial charge in [-0.25, -0.2) is 5.01 Å². The molecule has 0 radical (unpaired) electrons. The molecule has 0 saturated carbocycles. The Bertz CT molecular complexity index is 831. The first-order valence-corrected chi connectivity index (χ1v) is 9.27. The summed E-state index contributed by atoms with van der Waals surface area (Å²) in [6, 6.07) is 12.7. The fourth-order valence-corrected chi connectivity index (χ4v) is 3.00. The zero-order chi connectivity index (χ0) is 19.2. The van der Waals surface area contributed by atoms with Crippen LogP contribution in [0.2, 0.25) is 0 Å². The minimum Gasteiger partial charge on any atom is -0.490 e. The van der Waals surface area contributed by atoms with Crippen LogP contribution >= 0.6 is 0 Å². The van der Waals surface area contributed by atoms with Crippen LogP contribution < -0.4 is 15.2 Å². The first-order valence-electron chi connectivity index (χ1n) is 9.27. The number of hydrogen-bond donors (Lipinski definition) is 1. The predicted molar refractivity (Wildman–Crippen MR) is 106 cm³/mol. The average Bonchev–Trinajstić information content (AvgIpc) is 2.70. The number of rotatable bonds is 6. The van der Waals surface area contributed by atoms with Crippen LogP contribution in [0, 0.1) is 0 Å². The van der Waals surface area contributed by atoms with Crippen molar-refractivity contribution < 1.29 is 14.3 Å². The van der Waals surface area contributed by atoms with Gasteiger partial charge in [-0.05, 0) is 69.2 Å². The molecule has 1 aliphatic heterocycles. The summed E-state index contributed by atoms with van der Waals surface area (Å²) in [4.78, 5) is 12.7. The molecule has 0 atom stereocenters. The second kappa shape index (κ2) is 8.58. The van der Waals surface area contributed by atoms with Crippen molar-refractivity contribution in [1.29, 1.82) is 0 Å². The molecule has 0 aromatic heterocycles. The zero-order valence-corrected chi connectivity index (χ0v) is 15.8. The summed E-state index contributed by atoms with van der Waals surface area (Å²) in [5, 5.41) is 6.13. The number of benzene rings is 2. The summed E-state index contributed by atoms with van der Waals surface area (Å²) in [5.74, 6) is 1.29. The van der Waals surface area contributed by atoms with E-state index in [0.29, 0.717) is 42.5 Å². The lowest BCUT2D eigenvalue weighted by molar-refractivity contribution is 0.0751. The lowest BCUT2D eigenvalue weighted by Gasteiger charge is -2.24. The van der Waals surface area contributed by atoms with E-state index in [1.807, 2.05) is 32.0 Å². The first kappa shape index (κ1) is 18.8. The topological polar surface area (TPSA) is 77.2 Å². The second-order valence-corrected chi connectivity index (χ2v) is 6.23. The molecule has 0 aliphatic carbocycles. The lowest BCUT2D eigenvalue weighted by Crippen LogP contribution is -2.32. The van der Waals surface area contributed by atoms with Crippen LogP contribution in [-0.4, -0.2) is 36.4 Å². The number of carbonyl (C=O) groups excluding carboxylic acids is 1. The number of nitrogen functional groups attached to an aromatic ring is 1. The van der Waals surface area contributed by atoms with Gasteiger partial charge in [-0.3, -0.25) is 4.79 Å². The number of ether oxygens (including phenoxy) is 2. The molecule has 2 N–H and O–H groups in total. The van der Waals surface area contributed by atoms with Crippen LogP contribution in [0.25, 0.3) is 0 Å². The highest BCUT2D eigenvalue weighted by atomic mass is 16.5. The van der Waals surface area contributed by atoms with E-state index in [1.165, 1.54) is 5.01 Å². The van der Waals surface area contributed by atoms with Gasteiger partial charge in [0.25, 0.3) is 5.91 Å². The third-order valence-electron chi connectivity index (χ3n) is 4.29. The van der Waals surface area contributed by atoms with Gasteiger partial charge in [-0.1, -0.05) is 0 Å². The molecule has 0 saturated heterocycles. The van der Waals surface area contributed by atoms with Gasteiger partial charge in [-0.2, -0.15) is 5.10 Å². The molecular formula is C21H25N3O3. The van der Waals surface area contributed by atoms with Crippen LogP contribution in [-0.2, 0) is 0 Å². The van der Waals surface area contributed by atoms with E-state index in [4.69, 9.17) is 15.2 Å². The number of carbonyl (C=O) groups is 1. The number of nitrogens with two attached hydrogens (primary N) is 1. The van der Waals surface area contributed by atoms with Gasteiger partial charge in [0.05, 0.1) is 18.9 Å². The van der Waals surface area contributed by atoms with Crippen molar-refractivity contribution >= 4 is 17.3 Å². The largest absolute Gasteiger partial charge is 0.490 e. The van der Waals surface area contributed by atoms with E-state index in [-0.39, 0.29) is 5.91 Å². The molecule has 0 unspecified atom stereocenters. The Morgan fingerprint density at radius 2 is 1.78 bits per heavy atom. The maximum atomic E-state index is 12.7. The van der Waals surface area contributed by atoms with Gasteiger partial charge in [0.15, 0.2) is 11.5 Å². The van der Waals surface area contributed by atoms with Crippen molar-refractivity contribution in [3.8, 4) is 11.5 Å². The maximum Gasteiger partial charge on any atom is 0.273 e. The monoisotopic (exact) mass is 367 g/mol. The SMILES string of the molecule is CCOc1ccc(C2=NN(C(=O)c3ccc(N)cc3)CCC2)cc1OCC. The summed E-state index contributed by atoms with van der Waals surface area (Å²) >= 11 is 0. The summed E-state index contributed by atoms with van der Waals surface area (Å²) in [6.07, 6.45) is 1.67. The summed E-state index contributed by atoms with van der Waals surface area (Å²) in [5.41, 5.74) is 8.72. The van der Waals surface area contributed by atoms with Crippen molar-refractivity contribution in [3.63, 3.8) is 0 Å². The second-order valence-electron chi connectivity index (χ2n) is 6.23. The Kier molecular flexibility index (Phi) is 5.96. The lowest BCUT2D eigenvalue weighted by atomic mass is 10.0. The molecule has 2 aromatic carbocycles. The Morgan fingerprint density at radius 1 is 1.07 bits per heavy atom. The van der Waals surface area contributed by atoms with E-state index in [9.17, 15) is 4.79 Å². The highest BCUT2D eigenvalue weighted by molar-refractivity contribution is 6.03. The number of amides is 1. The smallest absolute Gasteiger partial charge is 0.273 e. The van der Waals surface area contributed by atoms with Crippen molar-refractivity contribution in [3.05, 3.63) is 53.6 Å². The van der Waals surface area contributed by atoms with Gasteiger partial charge in [0, 0.05) is 23.4 Å². The Labute approximate surface area is 159 Å². The number of nitrogens with zero attached hydrogens (tertiary/aromatic N) is 2. The van der Waals surface area contributed by atoms with E-state index in [2.05, 4.69) is 5.10 Å². The van der Waals surface area contributed by atoms with E-state index < -0.39 is 0 Å². The molecule has 0 spiro atoms.